The first-order chi connectivity index (χ1) is 9.29. The number of halogens is 2. The van der Waals surface area contributed by atoms with Gasteiger partial charge in [0.1, 0.15) is 5.75 Å². The van der Waals surface area contributed by atoms with E-state index >= 15 is 0 Å². The SMILES string of the molecule is BrCc1ccc(OCCCc2ccccc2)c(Br)c1. The van der Waals surface area contributed by atoms with E-state index in [1.165, 1.54) is 11.1 Å². The molecule has 0 amide bonds. The number of benzene rings is 2. The van der Waals surface area contributed by atoms with Crippen molar-refractivity contribution in [2.24, 2.45) is 0 Å². The van der Waals surface area contributed by atoms with Gasteiger partial charge in [-0.3, -0.25) is 0 Å². The third-order valence-electron chi connectivity index (χ3n) is 2.86. The van der Waals surface area contributed by atoms with E-state index in [1.807, 2.05) is 12.1 Å². The summed E-state index contributed by atoms with van der Waals surface area (Å²) in [5, 5.41) is 0.861. The quantitative estimate of drug-likeness (QED) is 0.482. The van der Waals surface area contributed by atoms with Crippen molar-refractivity contribution in [2.45, 2.75) is 18.2 Å². The third kappa shape index (κ3) is 4.66. The van der Waals surface area contributed by atoms with E-state index in [4.69, 9.17) is 4.74 Å². The molecule has 0 aliphatic rings. The lowest BCUT2D eigenvalue weighted by molar-refractivity contribution is 0.309. The first-order valence-electron chi connectivity index (χ1n) is 6.30. The predicted molar refractivity (Wildman–Crippen MR) is 87.0 cm³/mol. The maximum Gasteiger partial charge on any atom is 0.133 e. The van der Waals surface area contributed by atoms with Crippen molar-refractivity contribution in [2.75, 3.05) is 6.61 Å². The Morgan fingerprint density at radius 2 is 1.74 bits per heavy atom. The van der Waals surface area contributed by atoms with Gasteiger partial charge in [-0.15, -0.1) is 0 Å². The molecule has 0 saturated heterocycles. The molecule has 0 spiro atoms. The summed E-state index contributed by atoms with van der Waals surface area (Å²) in [6.07, 6.45) is 2.08. The lowest BCUT2D eigenvalue weighted by Gasteiger charge is -2.09. The average molecular weight is 384 g/mol. The van der Waals surface area contributed by atoms with Gasteiger partial charge in [-0.05, 0) is 52.0 Å². The zero-order valence-corrected chi connectivity index (χ0v) is 13.8. The second kappa shape index (κ2) is 7.71. The molecule has 2 aromatic rings. The standard InChI is InChI=1S/C16H16Br2O/c17-12-14-8-9-16(15(18)11-14)19-10-4-7-13-5-2-1-3-6-13/h1-3,5-6,8-9,11H,4,7,10,12H2. The molecule has 0 heterocycles. The van der Waals surface area contributed by atoms with Gasteiger partial charge >= 0.3 is 0 Å². The minimum absolute atomic E-state index is 0.737. The zero-order chi connectivity index (χ0) is 13.5. The molecule has 100 valence electrons. The van der Waals surface area contributed by atoms with Crippen molar-refractivity contribution in [1.82, 2.24) is 0 Å². The Hall–Kier alpha value is -0.800. The summed E-state index contributed by atoms with van der Waals surface area (Å²) in [5.41, 5.74) is 2.60. The fraction of sp³-hybridized carbons (Fsp3) is 0.250. The molecule has 19 heavy (non-hydrogen) atoms. The lowest BCUT2D eigenvalue weighted by Crippen LogP contribution is -2.00. The van der Waals surface area contributed by atoms with Gasteiger partial charge in [-0.25, -0.2) is 0 Å². The maximum absolute atomic E-state index is 5.80. The van der Waals surface area contributed by atoms with Crippen LogP contribution < -0.4 is 4.74 Å². The average Bonchev–Trinajstić information content (AvgIpc) is 2.46. The van der Waals surface area contributed by atoms with Crippen molar-refractivity contribution in [3.8, 4) is 5.75 Å². The summed E-state index contributed by atoms with van der Waals surface area (Å²) in [6.45, 7) is 0.737. The summed E-state index contributed by atoms with van der Waals surface area (Å²) < 4.78 is 6.81. The van der Waals surface area contributed by atoms with Crippen LogP contribution in [0.5, 0.6) is 5.75 Å². The van der Waals surface area contributed by atoms with Crippen molar-refractivity contribution in [1.29, 1.82) is 0 Å². The molecule has 0 radical (unpaired) electrons. The molecule has 0 aliphatic carbocycles. The Labute approximate surface area is 131 Å². The first kappa shape index (κ1) is 14.6. The number of hydrogen-bond donors (Lipinski definition) is 0. The molecular formula is C16H16Br2O. The topological polar surface area (TPSA) is 9.23 Å². The van der Waals surface area contributed by atoms with Crippen LogP contribution in [0.2, 0.25) is 0 Å². The smallest absolute Gasteiger partial charge is 0.133 e. The van der Waals surface area contributed by atoms with Crippen LogP contribution in [0.3, 0.4) is 0 Å². The Kier molecular flexibility index (Phi) is 5.93. The van der Waals surface area contributed by atoms with Crippen LogP contribution >= 0.6 is 31.9 Å². The minimum atomic E-state index is 0.737. The van der Waals surface area contributed by atoms with E-state index < -0.39 is 0 Å². The normalized spacial score (nSPS) is 10.4. The Balaban J connectivity index is 1.80. The van der Waals surface area contributed by atoms with E-state index in [0.717, 1.165) is 35.0 Å². The molecule has 1 nitrogen and oxygen atoms in total. The van der Waals surface area contributed by atoms with E-state index in [2.05, 4.69) is 68.3 Å². The largest absolute Gasteiger partial charge is 0.492 e. The Morgan fingerprint density at radius 3 is 2.42 bits per heavy atom. The Morgan fingerprint density at radius 1 is 0.947 bits per heavy atom. The molecule has 2 aromatic carbocycles. The zero-order valence-electron chi connectivity index (χ0n) is 10.6. The van der Waals surface area contributed by atoms with Gasteiger partial charge in [-0.1, -0.05) is 52.3 Å². The number of ether oxygens (including phenoxy) is 1. The molecule has 0 bridgehead atoms. The van der Waals surface area contributed by atoms with Gasteiger partial charge in [0.05, 0.1) is 11.1 Å². The molecule has 0 fully saturated rings. The van der Waals surface area contributed by atoms with Crippen molar-refractivity contribution in [3.63, 3.8) is 0 Å². The summed E-state index contributed by atoms with van der Waals surface area (Å²) in [6, 6.07) is 16.7. The second-order valence-electron chi connectivity index (χ2n) is 4.34. The summed E-state index contributed by atoms with van der Waals surface area (Å²) in [7, 11) is 0. The minimum Gasteiger partial charge on any atom is -0.492 e. The van der Waals surface area contributed by atoms with Crippen LogP contribution in [-0.2, 0) is 11.8 Å². The van der Waals surface area contributed by atoms with Gasteiger partial charge in [0, 0.05) is 5.33 Å². The summed E-state index contributed by atoms with van der Waals surface area (Å²) in [5.74, 6) is 0.915. The van der Waals surface area contributed by atoms with E-state index in [-0.39, 0.29) is 0 Å². The van der Waals surface area contributed by atoms with Crippen LogP contribution in [-0.4, -0.2) is 6.61 Å². The van der Waals surface area contributed by atoms with Crippen LogP contribution in [0.1, 0.15) is 17.5 Å². The fourth-order valence-corrected chi connectivity index (χ4v) is 2.74. The number of aryl methyl sites for hydroxylation is 1. The molecule has 2 rings (SSSR count). The van der Waals surface area contributed by atoms with E-state index in [1.54, 1.807) is 0 Å². The van der Waals surface area contributed by atoms with Crippen LogP contribution in [0.4, 0.5) is 0 Å². The molecule has 3 heteroatoms. The number of rotatable bonds is 6. The molecule has 0 aromatic heterocycles. The van der Waals surface area contributed by atoms with Gasteiger partial charge < -0.3 is 4.74 Å². The molecule has 0 unspecified atom stereocenters. The predicted octanol–water partition coefficient (Wildman–Crippen LogP) is 5.36. The lowest BCUT2D eigenvalue weighted by atomic mass is 10.1. The van der Waals surface area contributed by atoms with Crippen LogP contribution in [0, 0.1) is 0 Å². The fourth-order valence-electron chi connectivity index (χ4n) is 1.85. The monoisotopic (exact) mass is 382 g/mol. The van der Waals surface area contributed by atoms with Crippen molar-refractivity contribution in [3.05, 3.63) is 64.1 Å². The van der Waals surface area contributed by atoms with Gasteiger partial charge in [-0.2, -0.15) is 0 Å². The highest BCUT2D eigenvalue weighted by Crippen LogP contribution is 2.27. The number of alkyl halides is 1. The first-order valence-corrected chi connectivity index (χ1v) is 8.22. The summed E-state index contributed by atoms with van der Waals surface area (Å²) in [4.78, 5) is 0. The van der Waals surface area contributed by atoms with Gasteiger partial charge in [0.15, 0.2) is 0 Å². The Bertz CT molecular complexity index is 511. The van der Waals surface area contributed by atoms with E-state index in [0.29, 0.717) is 0 Å². The third-order valence-corrected chi connectivity index (χ3v) is 4.13. The van der Waals surface area contributed by atoms with Crippen LogP contribution in [0.25, 0.3) is 0 Å². The van der Waals surface area contributed by atoms with Gasteiger partial charge in [0.2, 0.25) is 0 Å². The molecule has 0 saturated carbocycles. The van der Waals surface area contributed by atoms with Crippen molar-refractivity contribution >= 4 is 31.9 Å². The summed E-state index contributed by atoms with van der Waals surface area (Å²) >= 11 is 6.98. The number of hydrogen-bond acceptors (Lipinski definition) is 1. The molecular weight excluding hydrogens is 368 g/mol. The highest BCUT2D eigenvalue weighted by Gasteiger charge is 2.02. The molecule has 0 N–H and O–H groups in total. The second-order valence-corrected chi connectivity index (χ2v) is 5.75. The van der Waals surface area contributed by atoms with Crippen molar-refractivity contribution < 1.29 is 4.74 Å². The van der Waals surface area contributed by atoms with E-state index in [9.17, 15) is 0 Å². The molecule has 0 atom stereocenters. The highest BCUT2D eigenvalue weighted by molar-refractivity contribution is 9.10. The van der Waals surface area contributed by atoms with Crippen LogP contribution in [0.15, 0.2) is 53.0 Å². The highest BCUT2D eigenvalue weighted by atomic mass is 79.9. The van der Waals surface area contributed by atoms with Gasteiger partial charge in [0.25, 0.3) is 0 Å². The maximum atomic E-state index is 5.80. The molecule has 0 aliphatic heterocycles.